The van der Waals surface area contributed by atoms with Gasteiger partial charge >= 0.3 is 0 Å². The minimum Gasteiger partial charge on any atom is -0.496 e. The summed E-state index contributed by atoms with van der Waals surface area (Å²) in [4.78, 5) is 0. The Labute approximate surface area is 78.3 Å². The van der Waals surface area contributed by atoms with E-state index in [1.165, 1.54) is 0 Å². The molecule has 2 heteroatoms. The maximum atomic E-state index is 5.80. The highest BCUT2D eigenvalue weighted by Gasteiger charge is 2.01. The van der Waals surface area contributed by atoms with Crippen molar-refractivity contribution in [3.8, 4) is 5.75 Å². The van der Waals surface area contributed by atoms with E-state index in [1.54, 1.807) is 7.11 Å². The first-order valence-corrected chi connectivity index (χ1v) is 4.27. The topological polar surface area (TPSA) is 9.23 Å². The molecule has 1 rings (SSSR count). The number of rotatable bonds is 3. The third-order valence-corrected chi connectivity index (χ3v) is 1.93. The van der Waals surface area contributed by atoms with Crippen LogP contribution in [0.4, 0.5) is 0 Å². The van der Waals surface area contributed by atoms with Gasteiger partial charge in [-0.3, -0.25) is 0 Å². The van der Waals surface area contributed by atoms with Gasteiger partial charge in [0.05, 0.1) is 7.11 Å². The van der Waals surface area contributed by atoms with Crippen molar-refractivity contribution in [3.63, 3.8) is 0 Å². The maximum absolute atomic E-state index is 5.80. The van der Waals surface area contributed by atoms with Crippen molar-refractivity contribution in [2.24, 2.45) is 0 Å². The second kappa shape index (κ2) is 4.36. The molecule has 0 aliphatic carbocycles. The molecule has 1 nitrogen and oxygen atoms in total. The van der Waals surface area contributed by atoms with E-state index < -0.39 is 0 Å². The van der Waals surface area contributed by atoms with Crippen LogP contribution in [0.15, 0.2) is 18.2 Å². The lowest BCUT2D eigenvalue weighted by Crippen LogP contribution is -1.91. The predicted octanol–water partition coefficient (Wildman–Crippen LogP) is 3.12. The van der Waals surface area contributed by atoms with Crippen molar-refractivity contribution < 1.29 is 4.74 Å². The van der Waals surface area contributed by atoms with Crippen LogP contribution in [0.5, 0.6) is 5.75 Å². The highest BCUT2D eigenvalue weighted by Crippen LogP contribution is 2.23. The zero-order valence-electron chi connectivity index (χ0n) is 7.14. The molecule has 0 fully saturated rings. The first kappa shape index (κ1) is 9.40. The van der Waals surface area contributed by atoms with Crippen molar-refractivity contribution in [2.45, 2.75) is 12.8 Å². The molecule has 65 valence electrons. The summed E-state index contributed by atoms with van der Waals surface area (Å²) in [5, 5.41) is 0.708. The van der Waals surface area contributed by atoms with Crippen LogP contribution in [-0.2, 0) is 6.42 Å². The molecule has 0 spiro atoms. The Morgan fingerprint density at radius 1 is 1.50 bits per heavy atom. The smallest absolute Gasteiger partial charge is 0.123 e. The van der Waals surface area contributed by atoms with Gasteiger partial charge in [-0.05, 0) is 30.5 Å². The third-order valence-electron chi connectivity index (χ3n) is 1.70. The van der Waals surface area contributed by atoms with Crippen LogP contribution in [0, 0.1) is 6.92 Å². The largest absolute Gasteiger partial charge is 0.496 e. The summed E-state index contributed by atoms with van der Waals surface area (Å²) in [7, 11) is 1.65. The monoisotopic (exact) mass is 183 g/mol. The van der Waals surface area contributed by atoms with Gasteiger partial charge in [-0.2, -0.15) is 0 Å². The number of aryl methyl sites for hydroxylation is 1. The van der Waals surface area contributed by atoms with E-state index in [4.69, 9.17) is 16.3 Å². The van der Waals surface area contributed by atoms with Crippen LogP contribution in [-0.4, -0.2) is 7.11 Å². The van der Waals surface area contributed by atoms with Crippen molar-refractivity contribution in [3.05, 3.63) is 35.7 Å². The quantitative estimate of drug-likeness (QED) is 0.700. The molecule has 0 N–H and O–H groups in total. The Morgan fingerprint density at radius 3 is 2.83 bits per heavy atom. The molecule has 0 saturated carbocycles. The van der Waals surface area contributed by atoms with Gasteiger partial charge in [0.25, 0.3) is 0 Å². The molecule has 0 atom stereocenters. The fourth-order valence-electron chi connectivity index (χ4n) is 1.12. The van der Waals surface area contributed by atoms with Gasteiger partial charge in [0.2, 0.25) is 0 Å². The molecule has 0 heterocycles. The molecule has 0 bridgehead atoms. The Bertz CT molecular complexity index is 258. The third kappa shape index (κ3) is 2.15. The first-order chi connectivity index (χ1) is 5.77. The van der Waals surface area contributed by atoms with Crippen LogP contribution in [0.1, 0.15) is 12.0 Å². The summed E-state index contributed by atoms with van der Waals surface area (Å²) >= 11 is 5.80. The lowest BCUT2D eigenvalue weighted by molar-refractivity contribution is 0.409. The fourth-order valence-corrected chi connectivity index (χ4v) is 1.28. The molecule has 0 saturated heterocycles. The van der Waals surface area contributed by atoms with Crippen molar-refractivity contribution in [2.75, 3.05) is 7.11 Å². The first-order valence-electron chi connectivity index (χ1n) is 3.89. The molecule has 0 amide bonds. The van der Waals surface area contributed by atoms with Gasteiger partial charge in [-0.25, -0.2) is 0 Å². The lowest BCUT2D eigenvalue weighted by atomic mass is 10.1. The van der Waals surface area contributed by atoms with E-state index in [-0.39, 0.29) is 0 Å². The van der Waals surface area contributed by atoms with Gasteiger partial charge in [0.15, 0.2) is 0 Å². The van der Waals surface area contributed by atoms with E-state index >= 15 is 0 Å². The Hall–Kier alpha value is -0.690. The van der Waals surface area contributed by atoms with Gasteiger partial charge in [0, 0.05) is 5.02 Å². The Kier molecular flexibility index (Phi) is 3.42. The fraction of sp³-hybridized carbons (Fsp3) is 0.300. The summed E-state index contributed by atoms with van der Waals surface area (Å²) in [5.41, 5.74) is 1.16. The molecule has 1 aromatic rings. The van der Waals surface area contributed by atoms with Crippen molar-refractivity contribution in [1.29, 1.82) is 0 Å². The molecule has 0 aliphatic heterocycles. The zero-order valence-corrected chi connectivity index (χ0v) is 7.90. The predicted molar refractivity (Wildman–Crippen MR) is 51.7 cm³/mol. The second-order valence-electron chi connectivity index (χ2n) is 2.56. The maximum Gasteiger partial charge on any atom is 0.123 e. The van der Waals surface area contributed by atoms with E-state index in [0.717, 1.165) is 24.2 Å². The Balaban J connectivity index is 2.94. The summed E-state index contributed by atoms with van der Waals surface area (Å²) in [6.07, 6.45) is 1.80. The number of ether oxygens (including phenoxy) is 1. The van der Waals surface area contributed by atoms with Gasteiger partial charge in [0.1, 0.15) is 5.75 Å². The molecule has 12 heavy (non-hydrogen) atoms. The summed E-state index contributed by atoms with van der Waals surface area (Å²) in [5.74, 6) is 0.853. The highest BCUT2D eigenvalue weighted by molar-refractivity contribution is 6.30. The number of benzene rings is 1. The van der Waals surface area contributed by atoms with E-state index in [0.29, 0.717) is 5.02 Å². The van der Waals surface area contributed by atoms with Crippen LogP contribution >= 0.6 is 11.6 Å². The minimum atomic E-state index is 0.708. The molecule has 0 aromatic heterocycles. The molecule has 1 aromatic carbocycles. The Morgan fingerprint density at radius 2 is 2.25 bits per heavy atom. The second-order valence-corrected chi connectivity index (χ2v) is 3.00. The molecular weight excluding hydrogens is 172 g/mol. The van der Waals surface area contributed by atoms with Gasteiger partial charge in [-0.15, -0.1) is 0 Å². The zero-order chi connectivity index (χ0) is 8.97. The SMILES string of the molecule is [CH2]CCc1ccc(Cl)cc1OC. The number of halogens is 1. The lowest BCUT2D eigenvalue weighted by Gasteiger charge is -2.06. The number of hydrogen-bond donors (Lipinski definition) is 0. The standard InChI is InChI=1S/C10H12ClO/c1-3-4-8-5-6-9(11)7-10(8)12-2/h5-7H,1,3-4H2,2H3. The normalized spacial score (nSPS) is 9.92. The average molecular weight is 184 g/mol. The van der Waals surface area contributed by atoms with Crippen LogP contribution in [0.25, 0.3) is 0 Å². The number of methoxy groups -OCH3 is 1. The molecule has 0 aliphatic rings. The van der Waals surface area contributed by atoms with Crippen molar-refractivity contribution in [1.82, 2.24) is 0 Å². The molecule has 0 unspecified atom stereocenters. The van der Waals surface area contributed by atoms with E-state index in [2.05, 4.69) is 6.92 Å². The summed E-state index contributed by atoms with van der Waals surface area (Å²) in [6.45, 7) is 3.79. The highest BCUT2D eigenvalue weighted by atomic mass is 35.5. The van der Waals surface area contributed by atoms with Crippen LogP contribution < -0.4 is 4.74 Å². The van der Waals surface area contributed by atoms with Crippen LogP contribution in [0.3, 0.4) is 0 Å². The van der Waals surface area contributed by atoms with E-state index in [1.807, 2.05) is 18.2 Å². The van der Waals surface area contributed by atoms with E-state index in [9.17, 15) is 0 Å². The average Bonchev–Trinajstić information content (AvgIpc) is 2.08. The van der Waals surface area contributed by atoms with Gasteiger partial charge < -0.3 is 4.74 Å². The number of hydrogen-bond acceptors (Lipinski definition) is 1. The summed E-state index contributed by atoms with van der Waals surface area (Å²) < 4.78 is 5.17. The minimum absolute atomic E-state index is 0.708. The molecular formula is C10H12ClO. The summed E-state index contributed by atoms with van der Waals surface area (Å²) in [6, 6.07) is 5.67. The van der Waals surface area contributed by atoms with Gasteiger partial charge in [-0.1, -0.05) is 24.6 Å². The van der Waals surface area contributed by atoms with Crippen LogP contribution in [0.2, 0.25) is 5.02 Å². The molecule has 1 radical (unpaired) electrons. The van der Waals surface area contributed by atoms with Crippen molar-refractivity contribution >= 4 is 11.6 Å².